The molecule has 4 fully saturated rings. The fourth-order valence-corrected chi connectivity index (χ4v) is 6.94. The largest absolute Gasteiger partial charge is 0.279 e. The molecule has 1 heterocycles. The summed E-state index contributed by atoms with van der Waals surface area (Å²) in [6.45, 7) is 0. The average Bonchev–Trinajstić information content (AvgIpc) is 3.05. The molecule has 0 radical (unpaired) electrons. The number of imide groups is 1. The van der Waals surface area contributed by atoms with Gasteiger partial charge in [-0.15, -0.1) is 0 Å². The average molecular weight is 405 g/mol. The molecule has 20 heavy (non-hydrogen) atoms. The van der Waals surface area contributed by atoms with E-state index in [1.165, 1.54) is 6.42 Å². The summed E-state index contributed by atoms with van der Waals surface area (Å²) in [6.07, 6.45) is 6.62. The Morgan fingerprint density at radius 3 is 1.85 bits per heavy atom. The van der Waals surface area contributed by atoms with E-state index in [2.05, 4.69) is 31.9 Å². The van der Waals surface area contributed by atoms with Gasteiger partial charge in [0.1, 0.15) is 0 Å². The number of hydrogen-bond acceptors (Lipinski definition) is 2. The van der Waals surface area contributed by atoms with E-state index < -0.39 is 0 Å². The minimum atomic E-state index is -0.0346. The van der Waals surface area contributed by atoms with E-state index in [0.717, 1.165) is 32.1 Å². The Bertz CT molecular complexity index is 431. The molecule has 110 valence electrons. The molecule has 3 aliphatic carbocycles. The quantitative estimate of drug-likeness (QED) is 0.497. The van der Waals surface area contributed by atoms with E-state index in [9.17, 15) is 9.59 Å². The molecule has 2 amide bonds. The molecule has 2 bridgehead atoms. The van der Waals surface area contributed by atoms with Crippen LogP contribution in [0, 0.1) is 23.7 Å². The number of rotatable bonds is 1. The third-order valence-corrected chi connectivity index (χ3v) is 9.17. The fourth-order valence-electron chi connectivity index (χ4n) is 5.07. The number of amides is 2. The second-order valence-electron chi connectivity index (χ2n) is 6.84. The first-order chi connectivity index (χ1) is 9.61. The van der Waals surface area contributed by atoms with Crippen LogP contribution in [0.1, 0.15) is 38.5 Å². The number of halogens is 2. The van der Waals surface area contributed by atoms with Crippen LogP contribution in [0.15, 0.2) is 0 Å². The Labute approximate surface area is 136 Å². The van der Waals surface area contributed by atoms with Gasteiger partial charge in [0, 0.05) is 15.7 Å². The number of alkyl halides is 2. The first-order valence-electron chi connectivity index (χ1n) is 7.76. The third kappa shape index (κ3) is 1.68. The van der Waals surface area contributed by atoms with Crippen LogP contribution in [0.2, 0.25) is 0 Å². The SMILES string of the molecule is O=C1[C@@H]2[C@H]3C[C@@H]([C@@H](Br)[C@H]3Br)[C@H]2C(=O)N1C1CCCCC1. The lowest BCUT2D eigenvalue weighted by Gasteiger charge is -2.30. The lowest BCUT2D eigenvalue weighted by Crippen LogP contribution is -2.42. The first-order valence-corrected chi connectivity index (χ1v) is 9.59. The second kappa shape index (κ2) is 4.80. The van der Waals surface area contributed by atoms with Crippen molar-refractivity contribution in [3.63, 3.8) is 0 Å². The Hall–Kier alpha value is 0.1000. The molecule has 1 saturated heterocycles. The summed E-state index contributed by atoms with van der Waals surface area (Å²) in [6, 6.07) is 0.191. The zero-order valence-corrected chi connectivity index (χ0v) is 14.5. The molecule has 0 aromatic rings. The van der Waals surface area contributed by atoms with Crippen molar-refractivity contribution in [2.75, 3.05) is 0 Å². The van der Waals surface area contributed by atoms with Crippen LogP contribution in [0.3, 0.4) is 0 Å². The molecule has 0 aromatic heterocycles. The molecule has 5 heteroatoms. The minimum Gasteiger partial charge on any atom is -0.279 e. The van der Waals surface area contributed by atoms with Gasteiger partial charge in [0.15, 0.2) is 0 Å². The molecular formula is C15H19Br2NO2. The molecule has 0 N–H and O–H groups in total. The molecule has 0 spiro atoms. The summed E-state index contributed by atoms with van der Waals surface area (Å²) in [5.41, 5.74) is 0. The normalized spacial score (nSPS) is 48.2. The van der Waals surface area contributed by atoms with E-state index in [4.69, 9.17) is 0 Å². The van der Waals surface area contributed by atoms with Crippen molar-refractivity contribution in [2.24, 2.45) is 23.7 Å². The first kappa shape index (κ1) is 13.7. The van der Waals surface area contributed by atoms with Crippen molar-refractivity contribution in [3.05, 3.63) is 0 Å². The van der Waals surface area contributed by atoms with Crippen LogP contribution in [-0.2, 0) is 9.59 Å². The van der Waals surface area contributed by atoms with Crippen LogP contribution < -0.4 is 0 Å². The van der Waals surface area contributed by atoms with Gasteiger partial charge in [-0.1, -0.05) is 51.1 Å². The highest BCUT2D eigenvalue weighted by Gasteiger charge is 2.66. The molecule has 4 aliphatic rings. The predicted molar refractivity (Wildman–Crippen MR) is 82.7 cm³/mol. The Morgan fingerprint density at radius 1 is 0.850 bits per heavy atom. The maximum atomic E-state index is 12.8. The van der Waals surface area contributed by atoms with E-state index in [0.29, 0.717) is 21.5 Å². The zero-order chi connectivity index (χ0) is 14.0. The van der Waals surface area contributed by atoms with Gasteiger partial charge >= 0.3 is 0 Å². The van der Waals surface area contributed by atoms with Gasteiger partial charge in [-0.3, -0.25) is 14.5 Å². The van der Waals surface area contributed by atoms with Crippen molar-refractivity contribution in [1.82, 2.24) is 4.90 Å². The minimum absolute atomic E-state index is 0.0346. The van der Waals surface area contributed by atoms with Gasteiger partial charge in [-0.25, -0.2) is 0 Å². The molecular weight excluding hydrogens is 386 g/mol. The van der Waals surface area contributed by atoms with E-state index in [1.54, 1.807) is 4.90 Å². The van der Waals surface area contributed by atoms with Crippen LogP contribution >= 0.6 is 31.9 Å². The summed E-state index contributed by atoms with van der Waals surface area (Å²) in [7, 11) is 0. The maximum absolute atomic E-state index is 12.8. The van der Waals surface area contributed by atoms with Gasteiger partial charge in [0.05, 0.1) is 11.8 Å². The molecule has 0 unspecified atom stereocenters. The van der Waals surface area contributed by atoms with Crippen LogP contribution in [-0.4, -0.2) is 32.4 Å². The number of carbonyl (C=O) groups excluding carboxylic acids is 2. The number of nitrogens with zero attached hydrogens (tertiary/aromatic N) is 1. The summed E-state index contributed by atoms with van der Waals surface area (Å²) < 4.78 is 0. The second-order valence-corrected chi connectivity index (χ2v) is 8.96. The van der Waals surface area contributed by atoms with Crippen molar-refractivity contribution < 1.29 is 9.59 Å². The highest BCUT2D eigenvalue weighted by atomic mass is 79.9. The Morgan fingerprint density at radius 2 is 1.35 bits per heavy atom. The lowest BCUT2D eigenvalue weighted by molar-refractivity contribution is -0.144. The fraction of sp³-hybridized carbons (Fsp3) is 0.867. The monoisotopic (exact) mass is 403 g/mol. The third-order valence-electron chi connectivity index (χ3n) is 5.96. The van der Waals surface area contributed by atoms with Crippen LogP contribution in [0.4, 0.5) is 0 Å². The van der Waals surface area contributed by atoms with E-state index in [-0.39, 0.29) is 29.7 Å². The van der Waals surface area contributed by atoms with Crippen molar-refractivity contribution in [1.29, 1.82) is 0 Å². The molecule has 1 aliphatic heterocycles. The number of fused-ring (bicyclic) bond motifs is 5. The van der Waals surface area contributed by atoms with Gasteiger partial charge in [0.25, 0.3) is 0 Å². The lowest BCUT2D eigenvalue weighted by atomic mass is 9.81. The summed E-state index contributed by atoms with van der Waals surface area (Å²) in [4.78, 5) is 28.0. The standard InChI is InChI=1S/C15H19Br2NO2/c16-12-8-6-9(13(12)17)11-10(8)14(19)18(15(11)20)7-4-2-1-3-5-7/h7-13H,1-6H2/t8-,9-,10-,11-,12-,13+/m1/s1. The smallest absolute Gasteiger partial charge is 0.233 e. The molecule has 4 rings (SSSR count). The Balaban J connectivity index is 1.63. The predicted octanol–water partition coefficient (Wildman–Crippen LogP) is 3.10. The number of carbonyl (C=O) groups is 2. The molecule has 3 saturated carbocycles. The molecule has 0 aromatic carbocycles. The summed E-state index contributed by atoms with van der Waals surface area (Å²) in [5.74, 6) is 0.908. The molecule has 6 atom stereocenters. The van der Waals surface area contributed by atoms with Crippen molar-refractivity contribution in [3.8, 4) is 0 Å². The van der Waals surface area contributed by atoms with Gasteiger partial charge in [-0.05, 0) is 31.1 Å². The number of likely N-dealkylation sites (tertiary alicyclic amines) is 1. The van der Waals surface area contributed by atoms with E-state index in [1.807, 2.05) is 0 Å². The van der Waals surface area contributed by atoms with Gasteiger partial charge in [0.2, 0.25) is 11.8 Å². The summed E-state index contributed by atoms with van der Waals surface area (Å²) >= 11 is 7.46. The summed E-state index contributed by atoms with van der Waals surface area (Å²) in [5, 5.41) is 0. The van der Waals surface area contributed by atoms with Crippen molar-refractivity contribution in [2.45, 2.75) is 54.2 Å². The Kier molecular flexibility index (Phi) is 3.30. The number of hydrogen-bond donors (Lipinski definition) is 0. The highest BCUT2D eigenvalue weighted by molar-refractivity contribution is 9.12. The van der Waals surface area contributed by atoms with Crippen LogP contribution in [0.5, 0.6) is 0 Å². The molecule has 3 nitrogen and oxygen atoms in total. The maximum Gasteiger partial charge on any atom is 0.233 e. The van der Waals surface area contributed by atoms with Gasteiger partial charge in [-0.2, -0.15) is 0 Å². The van der Waals surface area contributed by atoms with E-state index >= 15 is 0 Å². The highest BCUT2D eigenvalue weighted by Crippen LogP contribution is 2.60. The van der Waals surface area contributed by atoms with Crippen molar-refractivity contribution >= 4 is 43.7 Å². The van der Waals surface area contributed by atoms with Crippen LogP contribution in [0.25, 0.3) is 0 Å². The zero-order valence-electron chi connectivity index (χ0n) is 11.3. The topological polar surface area (TPSA) is 37.4 Å². The van der Waals surface area contributed by atoms with Gasteiger partial charge < -0.3 is 0 Å².